The van der Waals surface area contributed by atoms with Crippen molar-refractivity contribution in [2.24, 2.45) is 5.73 Å². The fraction of sp³-hybridized carbons (Fsp3) is 0.261. The Bertz CT molecular complexity index is 1180. The summed E-state index contributed by atoms with van der Waals surface area (Å²) in [4.78, 5) is 21.0. The maximum absolute atomic E-state index is 13.5. The van der Waals surface area contributed by atoms with Gasteiger partial charge < -0.3 is 21.5 Å². The number of hydrogen-bond donors (Lipinski definition) is 3. The third-order valence-corrected chi connectivity index (χ3v) is 5.12. The lowest BCUT2D eigenvalue weighted by molar-refractivity contribution is -0.164. The van der Waals surface area contributed by atoms with Crippen LogP contribution in [-0.2, 0) is 11.3 Å². The van der Waals surface area contributed by atoms with Crippen molar-refractivity contribution < 1.29 is 31.9 Å². The van der Waals surface area contributed by atoms with Crippen molar-refractivity contribution in [3.63, 3.8) is 0 Å². The minimum Gasteiger partial charge on any atom is -0.496 e. The summed E-state index contributed by atoms with van der Waals surface area (Å²) in [5.74, 6) is -0.871. The molecule has 12 heteroatoms. The number of amides is 2. The summed E-state index contributed by atoms with van der Waals surface area (Å²) in [7, 11) is 1.38. The molecule has 2 aromatic carbocycles. The molecule has 188 valence electrons. The van der Waals surface area contributed by atoms with Gasteiger partial charge in [-0.15, -0.1) is 0 Å². The first-order valence-corrected chi connectivity index (χ1v) is 10.2. The van der Waals surface area contributed by atoms with Crippen molar-refractivity contribution in [2.45, 2.75) is 32.6 Å². The standard InChI is InChI=1S/C22H22F4N4O2.CH3NO/c1-12-19(29-30(20(12)27)13(2)22(24,25)26)15-6-4-14(5-7-15)11-28-21(31)17-10-16(23)8-9-18(17)32-3;2-1-3/h4-10,13H,11,27H2,1-3H3,(H,28,31);1H,(H2,2,3). The van der Waals surface area contributed by atoms with Crippen LogP contribution < -0.4 is 21.5 Å². The zero-order valence-corrected chi connectivity index (χ0v) is 19.2. The fourth-order valence-corrected chi connectivity index (χ4v) is 3.15. The minimum atomic E-state index is -4.48. The molecule has 3 rings (SSSR count). The Kier molecular flexibility index (Phi) is 8.81. The number of nitrogens with two attached hydrogens (primary N) is 2. The van der Waals surface area contributed by atoms with E-state index >= 15 is 0 Å². The molecule has 0 saturated heterocycles. The van der Waals surface area contributed by atoms with E-state index in [2.05, 4.69) is 16.1 Å². The summed E-state index contributed by atoms with van der Waals surface area (Å²) >= 11 is 0. The minimum absolute atomic E-state index is 0.0507. The Hall–Kier alpha value is -4.09. The Morgan fingerprint density at radius 1 is 1.23 bits per heavy atom. The van der Waals surface area contributed by atoms with Gasteiger partial charge in [0, 0.05) is 17.7 Å². The molecule has 2 amide bonds. The Morgan fingerprint density at radius 3 is 2.37 bits per heavy atom. The van der Waals surface area contributed by atoms with E-state index in [4.69, 9.17) is 15.3 Å². The van der Waals surface area contributed by atoms with Crippen molar-refractivity contribution >= 4 is 18.1 Å². The van der Waals surface area contributed by atoms with Crippen LogP contribution in [0, 0.1) is 12.7 Å². The zero-order chi connectivity index (χ0) is 26.3. The van der Waals surface area contributed by atoms with Gasteiger partial charge in [-0.3, -0.25) is 9.59 Å². The number of rotatable bonds is 6. The van der Waals surface area contributed by atoms with Crippen LogP contribution in [0.2, 0.25) is 0 Å². The monoisotopic (exact) mass is 495 g/mol. The van der Waals surface area contributed by atoms with Crippen LogP contribution in [0.15, 0.2) is 42.5 Å². The number of aromatic nitrogens is 2. The van der Waals surface area contributed by atoms with Crippen LogP contribution >= 0.6 is 0 Å². The summed E-state index contributed by atoms with van der Waals surface area (Å²) in [6.07, 6.45) is -4.23. The van der Waals surface area contributed by atoms with E-state index in [1.165, 1.54) is 19.2 Å². The van der Waals surface area contributed by atoms with E-state index < -0.39 is 23.9 Å². The van der Waals surface area contributed by atoms with Crippen molar-refractivity contribution in [1.82, 2.24) is 15.1 Å². The molecule has 35 heavy (non-hydrogen) atoms. The van der Waals surface area contributed by atoms with Crippen LogP contribution in [0.25, 0.3) is 11.3 Å². The number of primary amides is 1. The predicted octanol–water partition coefficient (Wildman–Crippen LogP) is 3.74. The van der Waals surface area contributed by atoms with Crippen molar-refractivity contribution in [3.8, 4) is 17.0 Å². The number of nitrogen functional groups attached to an aromatic ring is 1. The molecule has 8 nitrogen and oxygen atoms in total. The first-order chi connectivity index (χ1) is 16.4. The van der Waals surface area contributed by atoms with Crippen LogP contribution in [0.4, 0.5) is 23.4 Å². The number of ether oxygens (including phenoxy) is 1. The lowest BCUT2D eigenvalue weighted by Gasteiger charge is -2.17. The van der Waals surface area contributed by atoms with E-state index in [0.29, 0.717) is 16.8 Å². The van der Waals surface area contributed by atoms with Crippen molar-refractivity contribution in [2.75, 3.05) is 12.8 Å². The number of anilines is 1. The predicted molar refractivity (Wildman–Crippen MR) is 122 cm³/mol. The summed E-state index contributed by atoms with van der Waals surface area (Å²) in [5, 5.41) is 6.75. The molecule has 0 saturated carbocycles. The van der Waals surface area contributed by atoms with Gasteiger partial charge in [0.05, 0.1) is 18.4 Å². The molecule has 0 aliphatic carbocycles. The number of hydrogen-bond acceptors (Lipinski definition) is 5. The average Bonchev–Trinajstić information content (AvgIpc) is 3.11. The van der Waals surface area contributed by atoms with Crippen LogP contribution in [-0.4, -0.2) is 35.4 Å². The third kappa shape index (κ3) is 6.49. The number of nitrogens with one attached hydrogen (secondary N) is 1. The van der Waals surface area contributed by atoms with Gasteiger partial charge in [0.15, 0.2) is 0 Å². The highest BCUT2D eigenvalue weighted by Gasteiger charge is 2.39. The van der Waals surface area contributed by atoms with Gasteiger partial charge in [0.2, 0.25) is 6.41 Å². The Labute approximate surface area is 198 Å². The highest BCUT2D eigenvalue weighted by Crippen LogP contribution is 2.35. The Morgan fingerprint density at radius 2 is 1.83 bits per heavy atom. The number of benzene rings is 2. The molecular weight excluding hydrogens is 470 g/mol. The van der Waals surface area contributed by atoms with E-state index in [0.717, 1.165) is 23.2 Å². The lowest BCUT2D eigenvalue weighted by atomic mass is 10.1. The van der Waals surface area contributed by atoms with Gasteiger partial charge in [-0.05, 0) is 37.6 Å². The second-order valence-electron chi connectivity index (χ2n) is 7.38. The molecule has 0 aliphatic heterocycles. The number of halogens is 4. The number of nitrogens with zero attached hydrogens (tertiary/aromatic N) is 2. The first kappa shape index (κ1) is 27.2. The fourth-order valence-electron chi connectivity index (χ4n) is 3.15. The summed E-state index contributed by atoms with van der Waals surface area (Å²) in [5.41, 5.74) is 12.2. The highest BCUT2D eigenvalue weighted by molar-refractivity contribution is 5.96. The molecule has 0 spiro atoms. The molecule has 0 aliphatic rings. The molecule has 0 fully saturated rings. The quantitative estimate of drug-likeness (QED) is 0.355. The van der Waals surface area contributed by atoms with Gasteiger partial charge in [-0.2, -0.15) is 18.3 Å². The average molecular weight is 495 g/mol. The summed E-state index contributed by atoms with van der Waals surface area (Å²) in [6.45, 7) is 2.75. The van der Waals surface area contributed by atoms with Crippen LogP contribution in [0.5, 0.6) is 5.75 Å². The summed E-state index contributed by atoms with van der Waals surface area (Å²) in [6, 6.07) is 8.57. The zero-order valence-electron chi connectivity index (χ0n) is 19.2. The highest BCUT2D eigenvalue weighted by atomic mass is 19.4. The number of carbonyl (C=O) groups excluding carboxylic acids is 2. The second kappa shape index (κ2) is 11.4. The van der Waals surface area contributed by atoms with Gasteiger partial charge in [0.25, 0.3) is 5.91 Å². The van der Waals surface area contributed by atoms with E-state index in [1.807, 2.05) is 0 Å². The van der Waals surface area contributed by atoms with E-state index in [9.17, 15) is 22.4 Å². The van der Waals surface area contributed by atoms with E-state index in [-0.39, 0.29) is 30.1 Å². The maximum Gasteiger partial charge on any atom is 0.410 e. The number of methoxy groups -OCH3 is 1. The Balaban J connectivity index is 0.00000137. The normalized spacial score (nSPS) is 11.7. The van der Waals surface area contributed by atoms with Gasteiger partial charge >= 0.3 is 6.18 Å². The number of carbonyl (C=O) groups is 2. The first-order valence-electron chi connectivity index (χ1n) is 10.2. The van der Waals surface area contributed by atoms with Crippen LogP contribution in [0.3, 0.4) is 0 Å². The third-order valence-electron chi connectivity index (χ3n) is 5.12. The van der Waals surface area contributed by atoms with Crippen LogP contribution in [0.1, 0.15) is 34.5 Å². The van der Waals surface area contributed by atoms with Crippen molar-refractivity contribution in [1.29, 1.82) is 0 Å². The van der Waals surface area contributed by atoms with Gasteiger partial charge in [-0.25, -0.2) is 9.07 Å². The lowest BCUT2D eigenvalue weighted by Crippen LogP contribution is -2.25. The molecule has 5 N–H and O–H groups in total. The van der Waals surface area contributed by atoms with Gasteiger partial charge in [-0.1, -0.05) is 24.3 Å². The largest absolute Gasteiger partial charge is 0.496 e. The maximum atomic E-state index is 13.5. The molecule has 3 aromatic rings. The molecule has 1 atom stereocenters. The molecule has 1 heterocycles. The van der Waals surface area contributed by atoms with Crippen molar-refractivity contribution in [3.05, 3.63) is 65.0 Å². The number of alkyl halides is 3. The van der Waals surface area contributed by atoms with E-state index in [1.54, 1.807) is 31.2 Å². The molecular formula is C23H25F4N5O3. The smallest absolute Gasteiger partial charge is 0.410 e. The molecule has 1 aromatic heterocycles. The second-order valence-corrected chi connectivity index (χ2v) is 7.38. The summed E-state index contributed by atoms with van der Waals surface area (Å²) < 4.78 is 58.5. The molecule has 0 radical (unpaired) electrons. The molecule has 1 unspecified atom stereocenters. The SMILES string of the molecule is COc1ccc(F)cc1C(=O)NCc1ccc(-c2nn(C(C)C(F)(F)F)c(N)c2C)cc1.NC=O. The topological polar surface area (TPSA) is 125 Å². The molecule has 0 bridgehead atoms. The van der Waals surface area contributed by atoms with Gasteiger partial charge in [0.1, 0.15) is 23.4 Å².